The molecule has 0 N–H and O–H groups in total. The van der Waals surface area contributed by atoms with E-state index in [1.165, 1.54) is 0 Å². The van der Waals surface area contributed by atoms with E-state index in [2.05, 4.69) is 0 Å². The molecule has 4 heteroatoms. The van der Waals surface area contributed by atoms with Crippen LogP contribution in [0.2, 0.25) is 0 Å². The van der Waals surface area contributed by atoms with Crippen LogP contribution in [0.4, 0.5) is 0 Å². The molecule has 0 aromatic heterocycles. The molecule has 0 heterocycles. The van der Waals surface area contributed by atoms with Crippen molar-refractivity contribution in [1.82, 2.24) is 0 Å². The van der Waals surface area contributed by atoms with E-state index in [0.717, 1.165) is 25.5 Å². The summed E-state index contributed by atoms with van der Waals surface area (Å²) in [7, 11) is 0. The van der Waals surface area contributed by atoms with Crippen molar-refractivity contribution < 1.29 is 9.72 Å². The van der Waals surface area contributed by atoms with E-state index < -0.39 is 5.41 Å². The molecule has 0 bridgehead atoms. The fraction of sp³-hybridized carbons (Fsp3) is 0.875. The third kappa shape index (κ3) is 1.62. The van der Waals surface area contributed by atoms with Crippen LogP contribution in [0.15, 0.2) is 0 Å². The minimum atomic E-state index is -0.437. The van der Waals surface area contributed by atoms with Gasteiger partial charge >= 0.3 is 0 Å². The van der Waals surface area contributed by atoms with Crippen LogP contribution in [0.3, 0.4) is 0 Å². The molecule has 1 fully saturated rings. The number of hydrogen-bond donors (Lipinski definition) is 0. The first-order valence-corrected chi connectivity index (χ1v) is 4.16. The Balaban J connectivity index is 2.63. The first-order chi connectivity index (χ1) is 5.58. The van der Waals surface area contributed by atoms with Gasteiger partial charge in [0.1, 0.15) is 6.29 Å². The Morgan fingerprint density at radius 3 is 2.92 bits per heavy atom. The monoisotopic (exact) mass is 171 g/mol. The number of carbonyl (C=O) groups is 1. The summed E-state index contributed by atoms with van der Waals surface area (Å²) in [5.41, 5.74) is -0.437. The Hall–Kier alpha value is -0.930. The summed E-state index contributed by atoms with van der Waals surface area (Å²) in [4.78, 5) is 20.6. The third-order valence-corrected chi connectivity index (χ3v) is 2.84. The molecule has 0 unspecified atom stereocenters. The van der Waals surface area contributed by atoms with Gasteiger partial charge in [0.15, 0.2) is 0 Å². The van der Waals surface area contributed by atoms with Crippen molar-refractivity contribution in [2.24, 2.45) is 11.3 Å². The summed E-state index contributed by atoms with van der Waals surface area (Å²) in [6.45, 7) is 1.76. The topological polar surface area (TPSA) is 60.2 Å². The van der Waals surface area contributed by atoms with Crippen LogP contribution >= 0.6 is 0 Å². The van der Waals surface area contributed by atoms with Gasteiger partial charge in [-0.05, 0) is 12.8 Å². The lowest BCUT2D eigenvalue weighted by Crippen LogP contribution is -2.28. The van der Waals surface area contributed by atoms with Crippen molar-refractivity contribution >= 4 is 6.29 Å². The van der Waals surface area contributed by atoms with E-state index in [0.29, 0.717) is 0 Å². The molecule has 1 aliphatic rings. The highest BCUT2D eigenvalue weighted by atomic mass is 16.6. The van der Waals surface area contributed by atoms with Crippen molar-refractivity contribution in [2.45, 2.75) is 26.2 Å². The molecule has 0 aromatic carbocycles. The van der Waals surface area contributed by atoms with Crippen LogP contribution in [-0.4, -0.2) is 17.8 Å². The van der Waals surface area contributed by atoms with E-state index in [4.69, 9.17) is 0 Å². The van der Waals surface area contributed by atoms with Crippen LogP contribution in [0.5, 0.6) is 0 Å². The lowest BCUT2D eigenvalue weighted by Gasteiger charge is -2.21. The van der Waals surface area contributed by atoms with E-state index in [9.17, 15) is 14.9 Å². The molecule has 1 rings (SSSR count). The van der Waals surface area contributed by atoms with E-state index in [1.54, 1.807) is 0 Å². The average molecular weight is 171 g/mol. The number of nitrogens with zero attached hydrogens (tertiary/aromatic N) is 1. The lowest BCUT2D eigenvalue weighted by molar-refractivity contribution is -0.490. The highest BCUT2D eigenvalue weighted by molar-refractivity contribution is 5.59. The highest BCUT2D eigenvalue weighted by Crippen LogP contribution is 2.41. The average Bonchev–Trinajstić information content (AvgIpc) is 2.33. The number of hydrogen-bond acceptors (Lipinski definition) is 3. The summed E-state index contributed by atoms with van der Waals surface area (Å²) in [6, 6.07) is 0. The van der Waals surface area contributed by atoms with Gasteiger partial charge in [-0.3, -0.25) is 10.1 Å². The Morgan fingerprint density at radius 2 is 2.42 bits per heavy atom. The molecule has 68 valence electrons. The predicted molar refractivity (Wildman–Crippen MR) is 43.4 cm³/mol. The molecule has 0 amide bonds. The van der Waals surface area contributed by atoms with Crippen molar-refractivity contribution in [1.29, 1.82) is 0 Å². The van der Waals surface area contributed by atoms with Crippen LogP contribution in [0.25, 0.3) is 0 Å². The Morgan fingerprint density at radius 1 is 1.75 bits per heavy atom. The molecular weight excluding hydrogens is 158 g/mol. The fourth-order valence-electron chi connectivity index (χ4n) is 1.90. The standard InChI is InChI=1S/C8H13NO3/c1-8(6-10)4-2-3-7(8)5-9(11)12/h6-7H,2-5H2,1H3/t7-,8+/m0/s1. The molecule has 2 atom stereocenters. The van der Waals surface area contributed by atoms with Gasteiger partial charge in [0.25, 0.3) is 0 Å². The van der Waals surface area contributed by atoms with Gasteiger partial charge < -0.3 is 4.79 Å². The minimum absolute atomic E-state index is 0.0509. The second-order valence-corrected chi connectivity index (χ2v) is 3.73. The summed E-state index contributed by atoms with van der Waals surface area (Å²) < 4.78 is 0. The quantitative estimate of drug-likeness (QED) is 0.365. The predicted octanol–water partition coefficient (Wildman–Crippen LogP) is 1.27. The molecular formula is C8H13NO3. The van der Waals surface area contributed by atoms with Gasteiger partial charge in [0.2, 0.25) is 6.54 Å². The summed E-state index contributed by atoms with van der Waals surface area (Å²) >= 11 is 0. The number of aldehydes is 1. The second kappa shape index (κ2) is 3.21. The first kappa shape index (κ1) is 9.16. The van der Waals surface area contributed by atoms with Gasteiger partial charge in [-0.25, -0.2) is 0 Å². The van der Waals surface area contributed by atoms with Gasteiger partial charge in [0.05, 0.1) is 0 Å². The molecule has 4 nitrogen and oxygen atoms in total. The van der Waals surface area contributed by atoms with Crippen LogP contribution in [-0.2, 0) is 4.79 Å². The number of rotatable bonds is 3. The molecule has 0 aromatic rings. The SMILES string of the molecule is C[C@]1(C=O)CCC[C@H]1C[N+](=O)[O-]. The smallest absolute Gasteiger partial charge is 0.207 e. The van der Waals surface area contributed by atoms with Gasteiger partial charge in [-0.15, -0.1) is 0 Å². The number of carbonyl (C=O) groups excluding carboxylic acids is 1. The molecule has 12 heavy (non-hydrogen) atoms. The van der Waals surface area contributed by atoms with E-state index >= 15 is 0 Å². The zero-order valence-electron chi connectivity index (χ0n) is 7.16. The summed E-state index contributed by atoms with van der Waals surface area (Å²) in [5, 5.41) is 10.2. The van der Waals surface area contributed by atoms with Crippen molar-refractivity contribution in [3.8, 4) is 0 Å². The normalized spacial score (nSPS) is 34.9. The third-order valence-electron chi connectivity index (χ3n) is 2.84. The zero-order chi connectivity index (χ0) is 9.19. The summed E-state index contributed by atoms with van der Waals surface area (Å²) in [5.74, 6) is -0.0509. The van der Waals surface area contributed by atoms with Crippen LogP contribution in [0.1, 0.15) is 26.2 Å². The molecule has 0 radical (unpaired) electrons. The van der Waals surface area contributed by atoms with Crippen molar-refractivity contribution in [2.75, 3.05) is 6.54 Å². The highest BCUT2D eigenvalue weighted by Gasteiger charge is 2.41. The maximum atomic E-state index is 10.7. The van der Waals surface area contributed by atoms with Crippen molar-refractivity contribution in [3.63, 3.8) is 0 Å². The first-order valence-electron chi connectivity index (χ1n) is 4.16. The van der Waals surface area contributed by atoms with Gasteiger partial charge in [-0.2, -0.15) is 0 Å². The maximum absolute atomic E-state index is 10.7. The molecule has 1 saturated carbocycles. The lowest BCUT2D eigenvalue weighted by atomic mass is 9.81. The van der Waals surface area contributed by atoms with Gasteiger partial charge in [-0.1, -0.05) is 13.3 Å². The maximum Gasteiger partial charge on any atom is 0.207 e. The second-order valence-electron chi connectivity index (χ2n) is 3.73. The minimum Gasteiger partial charge on any atom is -0.303 e. The Labute approximate surface area is 71.1 Å². The Bertz CT molecular complexity index is 204. The largest absolute Gasteiger partial charge is 0.303 e. The van der Waals surface area contributed by atoms with E-state index in [1.807, 2.05) is 6.92 Å². The fourth-order valence-corrected chi connectivity index (χ4v) is 1.90. The van der Waals surface area contributed by atoms with Gasteiger partial charge in [0, 0.05) is 16.3 Å². The van der Waals surface area contributed by atoms with E-state index in [-0.39, 0.29) is 17.4 Å². The Kier molecular flexibility index (Phi) is 2.45. The molecule has 0 spiro atoms. The zero-order valence-corrected chi connectivity index (χ0v) is 7.16. The van der Waals surface area contributed by atoms with Crippen LogP contribution in [0, 0.1) is 21.4 Å². The van der Waals surface area contributed by atoms with Crippen LogP contribution < -0.4 is 0 Å². The summed E-state index contributed by atoms with van der Waals surface area (Å²) in [6.07, 6.45) is 3.44. The van der Waals surface area contributed by atoms with Crippen molar-refractivity contribution in [3.05, 3.63) is 10.1 Å². The number of nitro groups is 1. The molecule has 0 saturated heterocycles. The molecule has 0 aliphatic heterocycles. The molecule has 1 aliphatic carbocycles.